The van der Waals surface area contributed by atoms with Crippen molar-refractivity contribution < 1.29 is 42.8 Å². The summed E-state index contributed by atoms with van der Waals surface area (Å²) in [7, 11) is 0. The van der Waals surface area contributed by atoms with Gasteiger partial charge in [0, 0.05) is 5.56 Å². The van der Waals surface area contributed by atoms with Gasteiger partial charge >= 0.3 is 12.3 Å². The first kappa shape index (κ1) is 15.9. The molecule has 0 aromatic heterocycles. The highest BCUT2D eigenvalue weighted by Gasteiger charge is 2.32. The van der Waals surface area contributed by atoms with Crippen LogP contribution in [0.4, 0.5) is 13.2 Å². The Hall–Kier alpha value is -2.13. The Morgan fingerprint density at radius 2 is 1.85 bits per heavy atom. The lowest BCUT2D eigenvalue weighted by Gasteiger charge is -2.16. The number of carbonyl (C=O) groups is 2. The minimum atomic E-state index is -5.02. The van der Waals surface area contributed by atoms with Crippen LogP contribution in [0.5, 0.6) is 5.75 Å². The van der Waals surface area contributed by atoms with Gasteiger partial charge in [-0.3, -0.25) is 4.79 Å². The number of rotatable bonds is 5. The van der Waals surface area contributed by atoms with E-state index in [9.17, 15) is 27.9 Å². The average Bonchev–Trinajstić information content (AvgIpc) is 2.34. The van der Waals surface area contributed by atoms with Gasteiger partial charge in [0.2, 0.25) is 0 Å². The molecular weight excluding hydrogens is 285 g/mol. The number of alkyl halides is 3. The lowest BCUT2D eigenvalue weighted by atomic mass is 10.0. The van der Waals surface area contributed by atoms with Crippen molar-refractivity contribution in [3.63, 3.8) is 0 Å². The van der Waals surface area contributed by atoms with Crippen LogP contribution < -0.4 is 4.74 Å². The molecule has 3 N–H and O–H groups in total. The second-order valence-electron chi connectivity index (χ2n) is 3.73. The fourth-order valence-electron chi connectivity index (χ4n) is 1.39. The number of halogens is 3. The first-order chi connectivity index (χ1) is 9.14. The quantitative estimate of drug-likeness (QED) is 0.696. The van der Waals surface area contributed by atoms with Crippen molar-refractivity contribution >= 4 is 12.3 Å². The molecule has 2 atom stereocenters. The summed E-state index contributed by atoms with van der Waals surface area (Å²) in [6.07, 6.45) is -9.10. The highest BCUT2D eigenvalue weighted by molar-refractivity contribution is 5.77. The van der Waals surface area contributed by atoms with Gasteiger partial charge in [0.15, 0.2) is 6.10 Å². The summed E-state index contributed by atoms with van der Waals surface area (Å²) in [5, 5.41) is 27.2. The first-order valence-corrected chi connectivity index (χ1v) is 5.09. The zero-order valence-electron chi connectivity index (χ0n) is 9.66. The van der Waals surface area contributed by atoms with Gasteiger partial charge in [0.1, 0.15) is 18.1 Å². The summed E-state index contributed by atoms with van der Waals surface area (Å²) < 4.78 is 39.8. The van der Waals surface area contributed by atoms with Crippen LogP contribution in [0, 0.1) is 0 Å². The predicted octanol–water partition coefficient (Wildman–Crippen LogP) is 0.877. The van der Waals surface area contributed by atoms with E-state index in [0.717, 1.165) is 12.1 Å². The molecule has 2 unspecified atom stereocenters. The third kappa shape index (κ3) is 4.21. The number of aliphatic carboxylic acids is 1. The Labute approximate surface area is 110 Å². The molecule has 0 aliphatic carbocycles. The molecule has 20 heavy (non-hydrogen) atoms. The van der Waals surface area contributed by atoms with Gasteiger partial charge in [-0.1, -0.05) is 0 Å². The maximum Gasteiger partial charge on any atom is 0.573 e. The Morgan fingerprint density at radius 1 is 1.25 bits per heavy atom. The number of carboxylic acid groups (broad SMARTS) is 1. The van der Waals surface area contributed by atoms with Gasteiger partial charge in [-0.2, -0.15) is 0 Å². The number of carbonyl (C=O) groups excluding carboxylic acids is 1. The summed E-state index contributed by atoms with van der Waals surface area (Å²) in [5.41, 5.74) is -0.679. The molecule has 0 radical (unpaired) electrons. The molecule has 0 heterocycles. The number of benzene rings is 1. The topological polar surface area (TPSA) is 104 Å². The Morgan fingerprint density at radius 3 is 2.30 bits per heavy atom. The summed E-state index contributed by atoms with van der Waals surface area (Å²) in [6.45, 7) is 0. The molecule has 0 fully saturated rings. The molecule has 9 heteroatoms. The van der Waals surface area contributed by atoms with Crippen molar-refractivity contribution in [2.45, 2.75) is 18.6 Å². The smallest absolute Gasteiger partial charge is 0.479 e. The van der Waals surface area contributed by atoms with E-state index >= 15 is 0 Å². The highest BCUT2D eigenvalue weighted by Crippen LogP contribution is 2.28. The molecule has 0 spiro atoms. The van der Waals surface area contributed by atoms with Gasteiger partial charge in [0.05, 0.1) is 0 Å². The fraction of sp³-hybridized carbons (Fsp3) is 0.273. The Balaban J connectivity index is 3.16. The maximum absolute atomic E-state index is 12.1. The zero-order chi connectivity index (χ0) is 15.5. The SMILES string of the molecule is O=Cc1cc(OC(F)(F)F)cc(C(O)C(O)C(=O)O)c1. The molecule has 0 bridgehead atoms. The fourth-order valence-corrected chi connectivity index (χ4v) is 1.39. The number of aliphatic hydroxyl groups is 2. The van der Waals surface area contributed by atoms with Gasteiger partial charge in [0.25, 0.3) is 0 Å². The van der Waals surface area contributed by atoms with Gasteiger partial charge in [-0.15, -0.1) is 13.2 Å². The standard InChI is InChI=1S/C11H9F3O6/c12-11(13,14)20-7-2-5(4-15)1-6(3-7)8(16)9(17)10(18)19/h1-4,8-9,16-17H,(H,18,19). The van der Waals surface area contributed by atoms with Crippen LogP contribution in [0.15, 0.2) is 18.2 Å². The summed E-state index contributed by atoms with van der Waals surface area (Å²) in [5.74, 6) is -2.58. The molecule has 6 nitrogen and oxygen atoms in total. The van der Waals surface area contributed by atoms with E-state index in [-0.39, 0.29) is 11.8 Å². The zero-order valence-corrected chi connectivity index (χ0v) is 9.66. The molecule has 0 saturated heterocycles. The van der Waals surface area contributed by atoms with Gasteiger partial charge in [-0.25, -0.2) is 4.79 Å². The molecule has 1 rings (SSSR count). The molecule has 1 aromatic rings. The third-order valence-electron chi connectivity index (χ3n) is 2.21. The molecule has 1 aromatic carbocycles. The van der Waals surface area contributed by atoms with Crippen LogP contribution in [0.25, 0.3) is 0 Å². The van der Waals surface area contributed by atoms with E-state index in [4.69, 9.17) is 10.2 Å². The van der Waals surface area contributed by atoms with E-state index in [2.05, 4.69) is 4.74 Å². The van der Waals surface area contributed by atoms with Crippen molar-refractivity contribution in [2.24, 2.45) is 0 Å². The second kappa shape index (κ2) is 5.88. The Kier molecular flexibility index (Phi) is 4.69. The number of hydrogen-bond donors (Lipinski definition) is 3. The average molecular weight is 294 g/mol. The lowest BCUT2D eigenvalue weighted by Crippen LogP contribution is -2.27. The summed E-state index contributed by atoms with van der Waals surface area (Å²) in [4.78, 5) is 21.1. The normalized spacial score (nSPS) is 14.4. The van der Waals surface area contributed by atoms with Gasteiger partial charge in [-0.05, 0) is 23.8 Å². The van der Waals surface area contributed by atoms with Crippen molar-refractivity contribution in [1.82, 2.24) is 0 Å². The maximum atomic E-state index is 12.1. The summed E-state index contributed by atoms with van der Waals surface area (Å²) in [6, 6.07) is 2.37. The van der Waals surface area contributed by atoms with Crippen molar-refractivity contribution in [2.75, 3.05) is 0 Å². The molecule has 0 amide bonds. The number of hydrogen-bond acceptors (Lipinski definition) is 5. The number of ether oxygens (including phenoxy) is 1. The molecule has 0 saturated carbocycles. The number of carboxylic acids is 1. The van der Waals surface area contributed by atoms with Crippen LogP contribution in [0.3, 0.4) is 0 Å². The van der Waals surface area contributed by atoms with Crippen LogP contribution in [-0.2, 0) is 4.79 Å². The molecule has 0 aliphatic heterocycles. The van der Waals surface area contributed by atoms with E-state index in [1.54, 1.807) is 0 Å². The summed E-state index contributed by atoms with van der Waals surface area (Å²) >= 11 is 0. The van der Waals surface area contributed by atoms with Crippen LogP contribution in [-0.4, -0.2) is 40.0 Å². The predicted molar refractivity (Wildman–Crippen MR) is 57.1 cm³/mol. The van der Waals surface area contributed by atoms with Crippen LogP contribution >= 0.6 is 0 Å². The van der Waals surface area contributed by atoms with Crippen LogP contribution in [0.1, 0.15) is 22.0 Å². The largest absolute Gasteiger partial charge is 0.573 e. The Bertz CT molecular complexity index is 513. The molecule has 110 valence electrons. The van der Waals surface area contributed by atoms with Crippen molar-refractivity contribution in [1.29, 1.82) is 0 Å². The first-order valence-electron chi connectivity index (χ1n) is 5.09. The van der Waals surface area contributed by atoms with E-state index in [1.165, 1.54) is 0 Å². The molecule has 0 aliphatic rings. The monoisotopic (exact) mass is 294 g/mol. The second-order valence-corrected chi connectivity index (χ2v) is 3.73. The van der Waals surface area contributed by atoms with Gasteiger partial charge < -0.3 is 20.1 Å². The van der Waals surface area contributed by atoms with E-state index < -0.39 is 35.9 Å². The number of aldehydes is 1. The molecular formula is C11H9F3O6. The minimum Gasteiger partial charge on any atom is -0.479 e. The van der Waals surface area contributed by atoms with Crippen molar-refractivity contribution in [3.8, 4) is 5.75 Å². The van der Waals surface area contributed by atoms with Crippen molar-refractivity contribution in [3.05, 3.63) is 29.3 Å². The van der Waals surface area contributed by atoms with Crippen LogP contribution in [0.2, 0.25) is 0 Å². The minimum absolute atomic E-state index is 0.187. The van der Waals surface area contributed by atoms with E-state index in [1.807, 2.05) is 0 Å². The van der Waals surface area contributed by atoms with E-state index in [0.29, 0.717) is 6.07 Å². The third-order valence-corrected chi connectivity index (χ3v) is 2.21. The number of aliphatic hydroxyl groups excluding tert-OH is 2. The highest BCUT2D eigenvalue weighted by atomic mass is 19.4. The lowest BCUT2D eigenvalue weighted by molar-refractivity contribution is -0.274.